The van der Waals surface area contributed by atoms with E-state index in [1.807, 2.05) is 6.07 Å². The van der Waals surface area contributed by atoms with E-state index in [1.54, 1.807) is 12.1 Å². The summed E-state index contributed by atoms with van der Waals surface area (Å²) < 4.78 is 40.6. The Kier molecular flexibility index (Phi) is 3.73. The number of nitrogens with zero attached hydrogens (tertiary/aromatic N) is 2. The van der Waals surface area contributed by atoms with Gasteiger partial charge in [-0.3, -0.25) is 9.79 Å². The van der Waals surface area contributed by atoms with Crippen molar-refractivity contribution in [3.8, 4) is 0 Å². The van der Waals surface area contributed by atoms with E-state index in [0.717, 1.165) is 16.1 Å². The van der Waals surface area contributed by atoms with Gasteiger partial charge in [0.25, 0.3) is 0 Å². The number of nitrogens with one attached hydrogen (secondary N) is 1. The number of carbonyl (C=O) groups excluding carboxylic acids is 1. The molecular formula is C18H13BrF3N3O. The molecule has 26 heavy (non-hydrogen) atoms. The molecule has 134 valence electrons. The van der Waals surface area contributed by atoms with Gasteiger partial charge in [-0.05, 0) is 42.2 Å². The number of carbonyl (C=O) groups is 1. The number of alkyl halides is 3. The van der Waals surface area contributed by atoms with Crippen LogP contribution in [0.25, 0.3) is 0 Å². The molecule has 2 heterocycles. The average Bonchev–Trinajstić information content (AvgIpc) is 2.99. The Bertz CT molecular complexity index is 971. The number of pyridine rings is 1. The van der Waals surface area contributed by atoms with Gasteiger partial charge in [-0.25, -0.2) is 4.98 Å². The second kappa shape index (κ2) is 5.64. The van der Waals surface area contributed by atoms with Crippen LogP contribution in [-0.2, 0) is 22.8 Å². The third kappa shape index (κ3) is 2.24. The second-order valence-electron chi connectivity index (χ2n) is 6.29. The molecule has 0 saturated carbocycles. The summed E-state index contributed by atoms with van der Waals surface area (Å²) >= 11 is 3.47. The first-order valence-electron chi connectivity index (χ1n) is 7.94. The van der Waals surface area contributed by atoms with Crippen molar-refractivity contribution in [3.63, 3.8) is 0 Å². The Morgan fingerprint density at radius 3 is 2.73 bits per heavy atom. The first kappa shape index (κ1) is 17.2. The van der Waals surface area contributed by atoms with E-state index >= 15 is 0 Å². The van der Waals surface area contributed by atoms with Crippen molar-refractivity contribution in [2.75, 3.05) is 7.05 Å². The van der Waals surface area contributed by atoms with Crippen LogP contribution in [0.1, 0.15) is 34.5 Å². The first-order valence-corrected chi connectivity index (χ1v) is 8.73. The van der Waals surface area contributed by atoms with E-state index in [1.165, 1.54) is 13.1 Å². The molecule has 0 fully saturated rings. The molecule has 8 heteroatoms. The molecule has 1 amide bonds. The summed E-state index contributed by atoms with van der Waals surface area (Å²) in [5.41, 5.74) is -0.104. The number of benzene rings is 1. The lowest BCUT2D eigenvalue weighted by Crippen LogP contribution is -2.52. The summed E-state index contributed by atoms with van der Waals surface area (Å²) in [5.74, 6) is -0.158. The molecule has 1 spiro atoms. The lowest BCUT2D eigenvalue weighted by Gasteiger charge is -2.35. The van der Waals surface area contributed by atoms with Crippen LogP contribution >= 0.6 is 15.9 Å². The van der Waals surface area contributed by atoms with Gasteiger partial charge in [0.1, 0.15) is 16.9 Å². The SMILES string of the molecule is CN=C1NC(=O)C2(CCc3c(Br)cccc32)c2nc(C(F)(F)F)ccc21. The maximum absolute atomic E-state index is 13.3. The summed E-state index contributed by atoms with van der Waals surface area (Å²) in [6.07, 6.45) is -3.67. The van der Waals surface area contributed by atoms with Crippen LogP contribution < -0.4 is 5.32 Å². The second-order valence-corrected chi connectivity index (χ2v) is 7.14. The number of hydrogen-bond donors (Lipinski definition) is 1. The molecule has 0 saturated heterocycles. The van der Waals surface area contributed by atoms with Gasteiger partial charge < -0.3 is 5.32 Å². The maximum Gasteiger partial charge on any atom is 0.433 e. The summed E-state index contributed by atoms with van der Waals surface area (Å²) in [6.45, 7) is 0. The summed E-state index contributed by atoms with van der Waals surface area (Å²) in [4.78, 5) is 21.0. The average molecular weight is 424 g/mol. The Hall–Kier alpha value is -2.22. The molecule has 1 aromatic carbocycles. The fourth-order valence-electron chi connectivity index (χ4n) is 3.84. The van der Waals surface area contributed by atoms with Crippen molar-refractivity contribution >= 4 is 27.7 Å². The number of halogens is 4. The third-order valence-electron chi connectivity index (χ3n) is 5.02. The molecule has 4 rings (SSSR count). The normalized spacial score (nSPS) is 23.1. The fraction of sp³-hybridized carbons (Fsp3) is 0.278. The van der Waals surface area contributed by atoms with Gasteiger partial charge in [-0.1, -0.05) is 28.1 Å². The lowest BCUT2D eigenvalue weighted by atomic mass is 9.73. The van der Waals surface area contributed by atoms with Crippen LogP contribution in [0.5, 0.6) is 0 Å². The Labute approximate surface area is 155 Å². The zero-order valence-electron chi connectivity index (χ0n) is 13.6. The van der Waals surface area contributed by atoms with Gasteiger partial charge in [-0.15, -0.1) is 0 Å². The molecule has 1 aromatic heterocycles. The largest absolute Gasteiger partial charge is 0.433 e. The van der Waals surface area contributed by atoms with E-state index in [0.29, 0.717) is 24.0 Å². The zero-order valence-corrected chi connectivity index (χ0v) is 15.2. The lowest BCUT2D eigenvalue weighted by molar-refractivity contribution is -0.141. The predicted molar refractivity (Wildman–Crippen MR) is 93.1 cm³/mol. The number of aromatic nitrogens is 1. The van der Waals surface area contributed by atoms with Crippen molar-refractivity contribution in [1.29, 1.82) is 0 Å². The molecule has 0 radical (unpaired) electrons. The fourth-order valence-corrected chi connectivity index (χ4v) is 4.40. The van der Waals surface area contributed by atoms with E-state index in [2.05, 4.69) is 31.2 Å². The van der Waals surface area contributed by atoms with Gasteiger partial charge in [-0.2, -0.15) is 13.2 Å². The van der Waals surface area contributed by atoms with Gasteiger partial charge in [0.15, 0.2) is 0 Å². The highest BCUT2D eigenvalue weighted by atomic mass is 79.9. The topological polar surface area (TPSA) is 54.4 Å². The summed E-state index contributed by atoms with van der Waals surface area (Å²) in [7, 11) is 1.48. The van der Waals surface area contributed by atoms with E-state index < -0.39 is 23.2 Å². The Morgan fingerprint density at radius 1 is 1.27 bits per heavy atom. The third-order valence-corrected chi connectivity index (χ3v) is 5.76. The molecule has 1 atom stereocenters. The molecule has 2 aromatic rings. The summed E-state index contributed by atoms with van der Waals surface area (Å²) in [6, 6.07) is 7.68. The number of rotatable bonds is 0. The highest BCUT2D eigenvalue weighted by Crippen LogP contribution is 2.48. The number of aliphatic imine (C=N–C) groups is 1. The number of fused-ring (bicyclic) bond motifs is 4. The minimum absolute atomic E-state index is 0.119. The van der Waals surface area contributed by atoms with E-state index in [4.69, 9.17) is 0 Å². The zero-order chi connectivity index (χ0) is 18.7. The molecule has 0 bridgehead atoms. The van der Waals surface area contributed by atoms with Crippen molar-refractivity contribution in [2.24, 2.45) is 4.99 Å². The number of amidine groups is 1. The molecular weight excluding hydrogens is 411 g/mol. The monoisotopic (exact) mass is 423 g/mol. The molecule has 2 aliphatic rings. The molecule has 1 aliphatic heterocycles. The maximum atomic E-state index is 13.3. The van der Waals surface area contributed by atoms with E-state index in [9.17, 15) is 18.0 Å². The molecule has 1 aliphatic carbocycles. The minimum Gasteiger partial charge on any atom is -0.309 e. The van der Waals surface area contributed by atoms with Crippen LogP contribution in [0.2, 0.25) is 0 Å². The Morgan fingerprint density at radius 2 is 2.04 bits per heavy atom. The quantitative estimate of drug-likeness (QED) is 0.703. The Balaban J connectivity index is 2.05. The van der Waals surface area contributed by atoms with Crippen LogP contribution in [-0.4, -0.2) is 23.8 Å². The van der Waals surface area contributed by atoms with Crippen LogP contribution in [0.15, 0.2) is 39.8 Å². The summed E-state index contributed by atoms with van der Waals surface area (Å²) in [5, 5.41) is 2.75. The van der Waals surface area contributed by atoms with E-state index in [-0.39, 0.29) is 11.5 Å². The van der Waals surface area contributed by atoms with Gasteiger partial charge >= 0.3 is 6.18 Å². The highest BCUT2D eigenvalue weighted by molar-refractivity contribution is 9.10. The number of amides is 1. The van der Waals surface area contributed by atoms with Crippen molar-refractivity contribution < 1.29 is 18.0 Å². The van der Waals surface area contributed by atoms with Crippen molar-refractivity contribution in [3.05, 3.63) is 62.9 Å². The minimum atomic E-state index is -4.59. The van der Waals surface area contributed by atoms with Crippen molar-refractivity contribution in [2.45, 2.75) is 24.4 Å². The van der Waals surface area contributed by atoms with Crippen LogP contribution in [0, 0.1) is 0 Å². The standard InChI is InChI=1S/C18H13BrF3N3O/c1-23-15-10-5-6-13(18(20,21)22)24-14(10)17(16(26)25-15)8-7-9-11(17)3-2-4-12(9)19/h2-6H,7-8H2,1H3,(H,23,25,26). The van der Waals surface area contributed by atoms with Gasteiger partial charge in [0.2, 0.25) is 5.91 Å². The highest BCUT2D eigenvalue weighted by Gasteiger charge is 2.53. The smallest absolute Gasteiger partial charge is 0.309 e. The predicted octanol–water partition coefficient (Wildman–Crippen LogP) is 3.60. The molecule has 1 unspecified atom stereocenters. The molecule has 1 N–H and O–H groups in total. The van der Waals surface area contributed by atoms with Crippen molar-refractivity contribution in [1.82, 2.24) is 10.3 Å². The van der Waals surface area contributed by atoms with Crippen LogP contribution in [0.4, 0.5) is 13.2 Å². The van der Waals surface area contributed by atoms with Gasteiger partial charge in [0.05, 0.1) is 5.69 Å². The van der Waals surface area contributed by atoms with Crippen LogP contribution in [0.3, 0.4) is 0 Å². The van der Waals surface area contributed by atoms with Gasteiger partial charge in [0, 0.05) is 17.1 Å². The molecule has 4 nitrogen and oxygen atoms in total. The number of hydrogen-bond acceptors (Lipinski definition) is 3. The first-order chi connectivity index (χ1) is 12.3.